The van der Waals surface area contributed by atoms with Gasteiger partial charge in [-0.25, -0.2) is 0 Å². The molecule has 0 saturated carbocycles. The summed E-state index contributed by atoms with van der Waals surface area (Å²) in [4.78, 5) is 14.9. The standard InChI is InChI=1S/C22H21N3O2S/c26-21(18-10-9-16-5-1-2-6-17(16)15-18)24-22(28)23-19-7-3-4-8-20(19)25-11-13-27-14-12-25/h1-10,15H,11-14H2,(H2,23,24,26,28). The maximum atomic E-state index is 12.6. The molecule has 0 unspecified atom stereocenters. The Morgan fingerprint density at radius 3 is 2.46 bits per heavy atom. The molecule has 28 heavy (non-hydrogen) atoms. The second kappa shape index (κ2) is 8.37. The molecule has 1 fully saturated rings. The van der Waals surface area contributed by atoms with Gasteiger partial charge in [-0.1, -0.05) is 42.5 Å². The molecule has 1 heterocycles. The van der Waals surface area contributed by atoms with E-state index in [4.69, 9.17) is 17.0 Å². The average molecular weight is 391 g/mol. The average Bonchev–Trinajstić information content (AvgIpc) is 2.74. The predicted molar refractivity (Wildman–Crippen MR) is 117 cm³/mol. The fourth-order valence-electron chi connectivity index (χ4n) is 3.32. The molecule has 1 aliphatic heterocycles. The van der Waals surface area contributed by atoms with Crippen LogP contribution in [0.1, 0.15) is 10.4 Å². The van der Waals surface area contributed by atoms with Crippen molar-refractivity contribution < 1.29 is 9.53 Å². The highest BCUT2D eigenvalue weighted by atomic mass is 32.1. The highest BCUT2D eigenvalue weighted by Crippen LogP contribution is 2.26. The summed E-state index contributed by atoms with van der Waals surface area (Å²) >= 11 is 5.38. The van der Waals surface area contributed by atoms with Crippen molar-refractivity contribution in [1.82, 2.24) is 5.32 Å². The van der Waals surface area contributed by atoms with Crippen molar-refractivity contribution in [2.75, 3.05) is 36.5 Å². The lowest BCUT2D eigenvalue weighted by molar-refractivity contribution is 0.0978. The van der Waals surface area contributed by atoms with E-state index in [-0.39, 0.29) is 11.0 Å². The maximum absolute atomic E-state index is 12.6. The van der Waals surface area contributed by atoms with Gasteiger partial charge in [0.15, 0.2) is 5.11 Å². The van der Waals surface area contributed by atoms with Crippen molar-refractivity contribution in [1.29, 1.82) is 0 Å². The number of hydrogen-bond donors (Lipinski definition) is 2. The Kier molecular flexibility index (Phi) is 5.50. The van der Waals surface area contributed by atoms with Crippen molar-refractivity contribution in [3.05, 3.63) is 72.3 Å². The fourth-order valence-corrected chi connectivity index (χ4v) is 3.52. The zero-order valence-electron chi connectivity index (χ0n) is 15.4. The van der Waals surface area contributed by atoms with Gasteiger partial charge < -0.3 is 15.0 Å². The van der Waals surface area contributed by atoms with E-state index in [1.807, 2.05) is 66.7 Å². The lowest BCUT2D eigenvalue weighted by Gasteiger charge is -2.30. The summed E-state index contributed by atoms with van der Waals surface area (Å²) in [6.45, 7) is 3.07. The minimum Gasteiger partial charge on any atom is -0.378 e. The van der Waals surface area contributed by atoms with Crippen LogP contribution in [0.15, 0.2) is 66.7 Å². The molecule has 0 bridgehead atoms. The summed E-state index contributed by atoms with van der Waals surface area (Å²) in [6, 6.07) is 21.5. The molecule has 0 radical (unpaired) electrons. The maximum Gasteiger partial charge on any atom is 0.257 e. The number of thiocarbonyl (C=S) groups is 1. The number of morpholine rings is 1. The van der Waals surface area contributed by atoms with Crippen LogP contribution >= 0.6 is 12.2 Å². The number of fused-ring (bicyclic) bond motifs is 1. The van der Waals surface area contributed by atoms with E-state index in [0.717, 1.165) is 35.2 Å². The Labute approximate surface area is 169 Å². The molecule has 1 amide bonds. The Balaban J connectivity index is 1.46. The molecule has 0 aliphatic carbocycles. The summed E-state index contributed by atoms with van der Waals surface area (Å²) in [5, 5.41) is 8.33. The normalized spacial score (nSPS) is 13.9. The molecule has 1 aliphatic rings. The first-order valence-electron chi connectivity index (χ1n) is 9.23. The van der Waals surface area contributed by atoms with E-state index >= 15 is 0 Å². The minimum atomic E-state index is -0.230. The molecule has 142 valence electrons. The Bertz CT molecular complexity index is 1020. The summed E-state index contributed by atoms with van der Waals surface area (Å²) in [6.07, 6.45) is 0. The molecular formula is C22H21N3O2S. The van der Waals surface area contributed by atoms with Gasteiger partial charge in [0.25, 0.3) is 5.91 Å². The van der Waals surface area contributed by atoms with Crippen LogP contribution in [0.4, 0.5) is 11.4 Å². The number of amides is 1. The van der Waals surface area contributed by atoms with Gasteiger partial charge in [0.2, 0.25) is 0 Å². The van der Waals surface area contributed by atoms with Crippen molar-refractivity contribution in [2.24, 2.45) is 0 Å². The van der Waals surface area contributed by atoms with E-state index in [2.05, 4.69) is 15.5 Å². The van der Waals surface area contributed by atoms with E-state index in [9.17, 15) is 4.79 Å². The van der Waals surface area contributed by atoms with Gasteiger partial charge in [-0.05, 0) is 47.3 Å². The van der Waals surface area contributed by atoms with E-state index in [0.29, 0.717) is 18.8 Å². The number of nitrogens with one attached hydrogen (secondary N) is 2. The number of rotatable bonds is 3. The van der Waals surface area contributed by atoms with E-state index in [1.165, 1.54) is 0 Å². The Morgan fingerprint density at radius 2 is 1.64 bits per heavy atom. The highest BCUT2D eigenvalue weighted by Gasteiger charge is 2.16. The van der Waals surface area contributed by atoms with Crippen LogP contribution in [0.25, 0.3) is 10.8 Å². The molecule has 3 aromatic carbocycles. The van der Waals surface area contributed by atoms with Gasteiger partial charge in [-0.3, -0.25) is 10.1 Å². The summed E-state index contributed by atoms with van der Waals surface area (Å²) in [7, 11) is 0. The predicted octanol–water partition coefficient (Wildman–Crippen LogP) is 3.80. The molecule has 4 rings (SSSR count). The van der Waals surface area contributed by atoms with E-state index in [1.54, 1.807) is 0 Å². The van der Waals surface area contributed by atoms with Gasteiger partial charge >= 0.3 is 0 Å². The first-order valence-corrected chi connectivity index (χ1v) is 9.64. The molecule has 0 spiro atoms. The van der Waals surface area contributed by atoms with Gasteiger partial charge in [-0.15, -0.1) is 0 Å². The molecule has 6 heteroatoms. The summed E-state index contributed by atoms with van der Waals surface area (Å²) in [5.74, 6) is -0.230. The van der Waals surface area contributed by atoms with Crippen molar-refractivity contribution in [3.63, 3.8) is 0 Å². The van der Waals surface area contributed by atoms with Crippen LogP contribution in [-0.2, 0) is 4.74 Å². The monoisotopic (exact) mass is 391 g/mol. The van der Waals surface area contributed by atoms with Gasteiger partial charge in [-0.2, -0.15) is 0 Å². The third kappa shape index (κ3) is 4.13. The number of carbonyl (C=O) groups is 1. The number of carbonyl (C=O) groups excluding carboxylic acids is 1. The fraction of sp³-hybridized carbons (Fsp3) is 0.182. The van der Waals surface area contributed by atoms with Crippen LogP contribution in [-0.4, -0.2) is 37.3 Å². The zero-order chi connectivity index (χ0) is 19.3. The van der Waals surface area contributed by atoms with Crippen LogP contribution in [0.2, 0.25) is 0 Å². The first-order chi connectivity index (χ1) is 13.7. The molecule has 1 saturated heterocycles. The number of hydrogen-bond acceptors (Lipinski definition) is 4. The summed E-state index contributed by atoms with van der Waals surface area (Å²) in [5.41, 5.74) is 2.49. The third-order valence-corrected chi connectivity index (χ3v) is 4.95. The van der Waals surface area contributed by atoms with Crippen molar-refractivity contribution in [3.8, 4) is 0 Å². The van der Waals surface area contributed by atoms with Gasteiger partial charge in [0.1, 0.15) is 0 Å². The van der Waals surface area contributed by atoms with Crippen LogP contribution < -0.4 is 15.5 Å². The second-order valence-electron chi connectivity index (χ2n) is 6.59. The second-order valence-corrected chi connectivity index (χ2v) is 6.99. The molecule has 5 nitrogen and oxygen atoms in total. The lowest BCUT2D eigenvalue weighted by Crippen LogP contribution is -2.38. The molecular weight excluding hydrogens is 370 g/mol. The largest absolute Gasteiger partial charge is 0.378 e. The molecule has 2 N–H and O–H groups in total. The number of benzene rings is 3. The molecule has 0 atom stereocenters. The van der Waals surface area contributed by atoms with Crippen LogP contribution in [0.5, 0.6) is 0 Å². The SMILES string of the molecule is O=C(NC(=S)Nc1ccccc1N1CCOCC1)c1ccc2ccccc2c1. The highest BCUT2D eigenvalue weighted by molar-refractivity contribution is 7.80. The van der Waals surface area contributed by atoms with Gasteiger partial charge in [0, 0.05) is 18.7 Å². The number of ether oxygens (including phenoxy) is 1. The minimum absolute atomic E-state index is 0.230. The molecule has 3 aromatic rings. The zero-order valence-corrected chi connectivity index (χ0v) is 16.2. The number of para-hydroxylation sites is 2. The van der Waals surface area contributed by atoms with Crippen LogP contribution in [0, 0.1) is 0 Å². The number of nitrogens with zero attached hydrogens (tertiary/aromatic N) is 1. The van der Waals surface area contributed by atoms with Crippen molar-refractivity contribution >= 4 is 45.4 Å². The smallest absolute Gasteiger partial charge is 0.257 e. The lowest BCUT2D eigenvalue weighted by atomic mass is 10.1. The first kappa shape index (κ1) is 18.4. The van der Waals surface area contributed by atoms with E-state index < -0.39 is 0 Å². The quantitative estimate of drug-likeness (QED) is 0.665. The topological polar surface area (TPSA) is 53.6 Å². The van der Waals surface area contributed by atoms with Crippen molar-refractivity contribution in [2.45, 2.75) is 0 Å². The Hall–Kier alpha value is -2.96. The molecule has 0 aromatic heterocycles. The number of anilines is 2. The summed E-state index contributed by atoms with van der Waals surface area (Å²) < 4.78 is 5.43. The Morgan fingerprint density at radius 1 is 0.929 bits per heavy atom. The third-order valence-electron chi connectivity index (χ3n) is 4.74. The van der Waals surface area contributed by atoms with Crippen LogP contribution in [0.3, 0.4) is 0 Å². The van der Waals surface area contributed by atoms with Gasteiger partial charge in [0.05, 0.1) is 24.6 Å².